The molecule has 1 N–H and O–H groups in total. The highest BCUT2D eigenvalue weighted by Crippen LogP contribution is 2.60. The maximum absolute atomic E-state index is 13.2. The predicted molar refractivity (Wildman–Crippen MR) is 105 cm³/mol. The first-order valence-corrected chi connectivity index (χ1v) is 10.7. The molecule has 142 valence electrons. The van der Waals surface area contributed by atoms with Crippen molar-refractivity contribution in [1.82, 2.24) is 4.90 Å². The van der Waals surface area contributed by atoms with E-state index in [1.807, 2.05) is 29.2 Å². The lowest BCUT2D eigenvalue weighted by Gasteiger charge is -2.60. The number of carbonyl (C=O) groups excluding carboxylic acids is 2. The number of nitrogens with zero attached hydrogens (tertiary/aromatic N) is 1. The number of ketones is 1. The number of aliphatic hydroxyl groups excluding tert-OH is 1. The van der Waals surface area contributed by atoms with E-state index in [0.717, 1.165) is 29.3 Å². The third kappa shape index (κ3) is 2.54. The van der Waals surface area contributed by atoms with E-state index in [4.69, 9.17) is 0 Å². The van der Waals surface area contributed by atoms with Gasteiger partial charge >= 0.3 is 0 Å². The van der Waals surface area contributed by atoms with Crippen LogP contribution in [-0.2, 0) is 9.59 Å². The SMILES string of the molecule is CC(=O)C1=C(O)C(=O)N(C23CC4CC(CC(C4)C2)C3)C1c1ccc(Br)cc1. The Kier molecular flexibility index (Phi) is 3.84. The summed E-state index contributed by atoms with van der Waals surface area (Å²) >= 11 is 3.46. The molecular weight excluding hydrogens is 406 g/mol. The minimum absolute atomic E-state index is 0.214. The minimum atomic E-state index is -0.473. The van der Waals surface area contributed by atoms with Crippen molar-refractivity contribution in [3.63, 3.8) is 0 Å². The van der Waals surface area contributed by atoms with Crippen LogP contribution in [0, 0.1) is 17.8 Å². The molecule has 1 atom stereocenters. The molecule has 1 amide bonds. The number of benzene rings is 1. The summed E-state index contributed by atoms with van der Waals surface area (Å²) in [4.78, 5) is 27.6. The number of hydrogen-bond donors (Lipinski definition) is 1. The van der Waals surface area contributed by atoms with E-state index in [9.17, 15) is 14.7 Å². The third-order valence-corrected chi connectivity index (χ3v) is 7.82. The molecule has 4 fully saturated rings. The Morgan fingerprint density at radius 1 is 1.07 bits per heavy atom. The second-order valence-electron chi connectivity index (χ2n) is 9.09. The summed E-state index contributed by atoms with van der Waals surface area (Å²) in [7, 11) is 0. The first-order valence-electron chi connectivity index (χ1n) is 9.91. The van der Waals surface area contributed by atoms with Crippen LogP contribution < -0.4 is 0 Å². The molecule has 1 unspecified atom stereocenters. The maximum atomic E-state index is 13.2. The molecule has 6 rings (SSSR count). The third-order valence-electron chi connectivity index (χ3n) is 7.29. The highest BCUT2D eigenvalue weighted by Gasteiger charge is 2.59. The molecule has 0 spiro atoms. The van der Waals surface area contributed by atoms with Crippen LogP contribution in [0.15, 0.2) is 40.1 Å². The molecule has 0 radical (unpaired) electrons. The molecule has 4 bridgehead atoms. The fourth-order valence-corrected chi connectivity index (χ4v) is 7.04. The molecule has 0 saturated heterocycles. The van der Waals surface area contributed by atoms with E-state index in [2.05, 4.69) is 15.9 Å². The zero-order chi connectivity index (χ0) is 18.9. The van der Waals surface area contributed by atoms with E-state index >= 15 is 0 Å². The molecule has 1 aliphatic heterocycles. The van der Waals surface area contributed by atoms with Crippen molar-refractivity contribution in [3.8, 4) is 0 Å². The predicted octanol–water partition coefficient (Wildman–Crippen LogP) is 4.70. The number of amides is 1. The summed E-state index contributed by atoms with van der Waals surface area (Å²) in [6.45, 7) is 1.45. The summed E-state index contributed by atoms with van der Waals surface area (Å²) < 4.78 is 0.953. The number of aliphatic hydroxyl groups is 1. The fraction of sp³-hybridized carbons (Fsp3) is 0.545. The Hall–Kier alpha value is -1.62. The molecule has 4 nitrogen and oxygen atoms in total. The lowest BCUT2D eigenvalue weighted by molar-refractivity contribution is -0.150. The Balaban J connectivity index is 1.63. The van der Waals surface area contributed by atoms with E-state index in [-0.39, 0.29) is 28.6 Å². The number of rotatable bonds is 3. The fourth-order valence-electron chi connectivity index (χ4n) is 6.77. The number of hydrogen-bond acceptors (Lipinski definition) is 3. The van der Waals surface area contributed by atoms with Gasteiger partial charge in [0.25, 0.3) is 5.91 Å². The molecule has 5 heteroatoms. The molecule has 5 aliphatic rings. The zero-order valence-electron chi connectivity index (χ0n) is 15.5. The van der Waals surface area contributed by atoms with Gasteiger partial charge in [-0.1, -0.05) is 28.1 Å². The lowest BCUT2D eigenvalue weighted by Crippen LogP contribution is -2.61. The molecule has 1 aromatic carbocycles. The molecule has 1 heterocycles. The van der Waals surface area contributed by atoms with Gasteiger partial charge in [0.1, 0.15) is 0 Å². The van der Waals surface area contributed by atoms with E-state index in [0.29, 0.717) is 17.8 Å². The van der Waals surface area contributed by atoms with Crippen molar-refractivity contribution in [2.45, 2.75) is 57.0 Å². The largest absolute Gasteiger partial charge is 0.503 e. The second kappa shape index (κ2) is 5.94. The first kappa shape index (κ1) is 17.5. The zero-order valence-corrected chi connectivity index (χ0v) is 17.0. The van der Waals surface area contributed by atoms with Crippen molar-refractivity contribution in [2.24, 2.45) is 17.8 Å². The average Bonchev–Trinajstić information content (AvgIpc) is 2.86. The molecule has 1 aromatic rings. The lowest BCUT2D eigenvalue weighted by atomic mass is 9.52. The van der Waals surface area contributed by atoms with Gasteiger partial charge in [-0.05, 0) is 80.9 Å². The number of carbonyl (C=O) groups is 2. The molecule has 0 aromatic heterocycles. The van der Waals surface area contributed by atoms with Crippen LogP contribution in [-0.4, -0.2) is 27.2 Å². The number of Topliss-reactive ketones (excluding diaryl/α,β-unsaturated/α-hetero) is 1. The second-order valence-corrected chi connectivity index (χ2v) is 10.0. The van der Waals surface area contributed by atoms with E-state index < -0.39 is 6.04 Å². The minimum Gasteiger partial charge on any atom is -0.503 e. The van der Waals surface area contributed by atoms with Gasteiger partial charge in [-0.2, -0.15) is 0 Å². The van der Waals surface area contributed by atoms with Crippen molar-refractivity contribution in [2.75, 3.05) is 0 Å². The van der Waals surface area contributed by atoms with Gasteiger partial charge < -0.3 is 10.0 Å². The standard InChI is InChI=1S/C22H24BrNO3/c1-12(25)18-19(16-2-4-17(23)5-3-16)24(21(27)20(18)26)22-9-13-6-14(10-22)8-15(7-13)11-22/h2-5,13-15,19,26H,6-11H2,1H3. The Morgan fingerprint density at radius 2 is 1.59 bits per heavy atom. The highest BCUT2D eigenvalue weighted by molar-refractivity contribution is 9.10. The Labute approximate surface area is 167 Å². The van der Waals surface area contributed by atoms with Crippen molar-refractivity contribution < 1.29 is 14.7 Å². The van der Waals surface area contributed by atoms with Gasteiger partial charge in [0.2, 0.25) is 0 Å². The molecule has 4 aliphatic carbocycles. The van der Waals surface area contributed by atoms with Crippen LogP contribution >= 0.6 is 15.9 Å². The summed E-state index contributed by atoms with van der Waals surface area (Å²) in [5, 5.41) is 10.6. The summed E-state index contributed by atoms with van der Waals surface area (Å²) in [6.07, 6.45) is 6.87. The summed E-state index contributed by atoms with van der Waals surface area (Å²) in [6, 6.07) is 7.31. The van der Waals surface area contributed by atoms with Crippen molar-refractivity contribution in [1.29, 1.82) is 0 Å². The summed E-state index contributed by atoms with van der Waals surface area (Å²) in [5.41, 5.74) is 0.948. The van der Waals surface area contributed by atoms with E-state index in [1.165, 1.54) is 26.2 Å². The maximum Gasteiger partial charge on any atom is 0.290 e. The van der Waals surface area contributed by atoms with Crippen molar-refractivity contribution >= 4 is 27.6 Å². The monoisotopic (exact) mass is 429 g/mol. The normalized spacial score (nSPS) is 37.4. The van der Waals surface area contributed by atoms with Crippen LogP contribution in [0.3, 0.4) is 0 Å². The number of halogens is 1. The average molecular weight is 430 g/mol. The van der Waals surface area contributed by atoms with Gasteiger partial charge in [-0.25, -0.2) is 0 Å². The topological polar surface area (TPSA) is 57.6 Å². The van der Waals surface area contributed by atoms with Gasteiger partial charge in [-0.3, -0.25) is 9.59 Å². The smallest absolute Gasteiger partial charge is 0.290 e. The van der Waals surface area contributed by atoms with Gasteiger partial charge in [0, 0.05) is 10.0 Å². The molecule has 27 heavy (non-hydrogen) atoms. The first-order chi connectivity index (χ1) is 12.9. The quantitative estimate of drug-likeness (QED) is 0.756. The van der Waals surface area contributed by atoms with Gasteiger partial charge in [-0.15, -0.1) is 0 Å². The van der Waals surface area contributed by atoms with Crippen molar-refractivity contribution in [3.05, 3.63) is 45.6 Å². The Bertz CT molecular complexity index is 822. The highest BCUT2D eigenvalue weighted by atomic mass is 79.9. The van der Waals surface area contributed by atoms with E-state index in [1.54, 1.807) is 0 Å². The van der Waals surface area contributed by atoms with Gasteiger partial charge in [0.15, 0.2) is 11.5 Å². The van der Waals surface area contributed by atoms with Crippen LogP contribution in [0.25, 0.3) is 0 Å². The van der Waals surface area contributed by atoms with Crippen LogP contribution in [0.2, 0.25) is 0 Å². The van der Waals surface area contributed by atoms with Crippen LogP contribution in [0.1, 0.15) is 57.1 Å². The molecular formula is C22H24BrNO3. The van der Waals surface area contributed by atoms with Gasteiger partial charge in [0.05, 0.1) is 11.6 Å². The van der Waals surface area contributed by atoms with Crippen LogP contribution in [0.5, 0.6) is 0 Å². The summed E-state index contributed by atoms with van der Waals surface area (Å²) in [5.74, 6) is 1.12. The Morgan fingerprint density at radius 3 is 2.07 bits per heavy atom. The van der Waals surface area contributed by atoms with Crippen LogP contribution in [0.4, 0.5) is 0 Å². The molecule has 4 saturated carbocycles.